The molecule has 1 nitrogen and oxygen atoms in total. The van der Waals surface area contributed by atoms with Gasteiger partial charge in [-0.2, -0.15) is 0 Å². The van der Waals surface area contributed by atoms with Gasteiger partial charge in [-0.25, -0.2) is 0 Å². The Balaban J connectivity index is 2.02. The summed E-state index contributed by atoms with van der Waals surface area (Å²) in [6.45, 7) is 0. The van der Waals surface area contributed by atoms with Crippen molar-refractivity contribution in [2.75, 3.05) is 0 Å². The predicted octanol–water partition coefficient (Wildman–Crippen LogP) is 5.90. The molecule has 0 bridgehead atoms. The normalized spacial score (nSPS) is 11.3. The fraction of sp³-hybridized carbons (Fsp3) is 0. The molecule has 3 heteroatoms. The van der Waals surface area contributed by atoms with Crippen LogP contribution in [-0.4, -0.2) is 6.21 Å². The zero-order chi connectivity index (χ0) is 13.9. The molecule has 0 aliphatic rings. The van der Waals surface area contributed by atoms with Crippen LogP contribution in [-0.2, 0) is 0 Å². The lowest BCUT2D eigenvalue weighted by Gasteiger charge is -2.01. The number of fused-ring (bicyclic) bond motifs is 1. The highest BCUT2D eigenvalue weighted by Crippen LogP contribution is 2.25. The lowest BCUT2D eigenvalue weighted by atomic mass is 10.1. The Bertz CT molecular complexity index is 768. The number of hydrogen-bond acceptors (Lipinski definition) is 1. The highest BCUT2D eigenvalue weighted by atomic mass is 35.5. The van der Waals surface area contributed by atoms with E-state index in [4.69, 9.17) is 23.2 Å². The van der Waals surface area contributed by atoms with Gasteiger partial charge in [-0.1, -0.05) is 65.7 Å². The number of aliphatic imine (C=N–C) groups is 1. The molecule has 0 N–H and O–H groups in total. The number of rotatable bonds is 2. The molecule has 0 atom stereocenters. The Morgan fingerprint density at radius 3 is 2.30 bits per heavy atom. The summed E-state index contributed by atoms with van der Waals surface area (Å²) in [6, 6.07) is 19.6. The minimum absolute atomic E-state index is 0.586. The van der Waals surface area contributed by atoms with Gasteiger partial charge in [0, 0.05) is 21.8 Å². The second kappa shape index (κ2) is 5.66. The third kappa shape index (κ3) is 2.84. The second-order valence-electron chi connectivity index (χ2n) is 4.45. The van der Waals surface area contributed by atoms with Gasteiger partial charge in [-0.15, -0.1) is 0 Å². The minimum atomic E-state index is 0.586. The molecule has 98 valence electrons. The average Bonchev–Trinajstić information content (AvgIpc) is 2.44. The van der Waals surface area contributed by atoms with Crippen LogP contribution in [0.1, 0.15) is 5.56 Å². The Labute approximate surface area is 127 Å². The standard InChI is InChI=1S/C17H11Cl2N/c18-14-8-15(19)10-16(9-14)20-11-13-6-3-5-12-4-1-2-7-17(12)13/h1-11H. The molecular weight excluding hydrogens is 289 g/mol. The van der Waals surface area contributed by atoms with Crippen molar-refractivity contribution < 1.29 is 0 Å². The zero-order valence-corrected chi connectivity index (χ0v) is 12.1. The SMILES string of the molecule is Clc1cc(Cl)cc(N=Cc2cccc3ccccc23)c1. The van der Waals surface area contributed by atoms with Crippen molar-refractivity contribution in [1.82, 2.24) is 0 Å². The summed E-state index contributed by atoms with van der Waals surface area (Å²) in [4.78, 5) is 4.45. The van der Waals surface area contributed by atoms with E-state index in [0.717, 1.165) is 11.3 Å². The second-order valence-corrected chi connectivity index (χ2v) is 5.33. The van der Waals surface area contributed by atoms with Gasteiger partial charge in [0.1, 0.15) is 0 Å². The maximum absolute atomic E-state index is 5.97. The van der Waals surface area contributed by atoms with Gasteiger partial charge >= 0.3 is 0 Å². The fourth-order valence-electron chi connectivity index (χ4n) is 2.12. The summed E-state index contributed by atoms with van der Waals surface area (Å²) in [7, 11) is 0. The zero-order valence-electron chi connectivity index (χ0n) is 10.6. The maximum Gasteiger partial charge on any atom is 0.0659 e. The van der Waals surface area contributed by atoms with Crippen molar-refractivity contribution in [1.29, 1.82) is 0 Å². The molecule has 3 aromatic rings. The highest BCUT2D eigenvalue weighted by Gasteiger charge is 1.99. The molecule has 0 unspecified atom stereocenters. The molecule has 3 rings (SSSR count). The summed E-state index contributed by atoms with van der Waals surface area (Å²) in [6.07, 6.45) is 1.84. The first kappa shape index (κ1) is 13.2. The van der Waals surface area contributed by atoms with Gasteiger partial charge in [0.25, 0.3) is 0 Å². The van der Waals surface area contributed by atoms with Crippen molar-refractivity contribution in [3.05, 3.63) is 76.3 Å². The van der Waals surface area contributed by atoms with E-state index < -0.39 is 0 Å². The van der Waals surface area contributed by atoms with Crippen molar-refractivity contribution in [2.45, 2.75) is 0 Å². The summed E-state index contributed by atoms with van der Waals surface area (Å²) < 4.78 is 0. The van der Waals surface area contributed by atoms with Gasteiger partial charge in [0.05, 0.1) is 5.69 Å². The summed E-state index contributed by atoms with van der Waals surface area (Å²) in [5.41, 5.74) is 1.81. The Kier molecular flexibility index (Phi) is 3.72. The van der Waals surface area contributed by atoms with E-state index in [1.807, 2.05) is 30.5 Å². The number of nitrogens with zero attached hydrogens (tertiary/aromatic N) is 1. The summed E-state index contributed by atoms with van der Waals surface area (Å²) >= 11 is 11.9. The molecule has 0 aliphatic carbocycles. The molecule has 0 saturated heterocycles. The fourth-order valence-corrected chi connectivity index (χ4v) is 2.64. The lowest BCUT2D eigenvalue weighted by molar-refractivity contribution is 1.53. The van der Waals surface area contributed by atoms with Crippen LogP contribution in [0, 0.1) is 0 Å². The van der Waals surface area contributed by atoms with Gasteiger partial charge in [0.15, 0.2) is 0 Å². The number of halogens is 2. The third-order valence-electron chi connectivity index (χ3n) is 3.02. The van der Waals surface area contributed by atoms with Gasteiger partial charge in [-0.05, 0) is 29.0 Å². The molecule has 0 spiro atoms. The summed E-state index contributed by atoms with van der Waals surface area (Å²) in [5, 5.41) is 3.54. The molecular formula is C17H11Cl2N. The van der Waals surface area contributed by atoms with E-state index in [0.29, 0.717) is 10.0 Å². The quantitative estimate of drug-likeness (QED) is 0.523. The third-order valence-corrected chi connectivity index (χ3v) is 3.46. The van der Waals surface area contributed by atoms with E-state index in [1.165, 1.54) is 10.8 Å². The van der Waals surface area contributed by atoms with Crippen LogP contribution in [0.25, 0.3) is 10.8 Å². The van der Waals surface area contributed by atoms with Crippen LogP contribution in [0.3, 0.4) is 0 Å². The molecule has 0 aliphatic heterocycles. The van der Waals surface area contributed by atoms with E-state index in [9.17, 15) is 0 Å². The number of hydrogen-bond donors (Lipinski definition) is 0. The first-order chi connectivity index (χ1) is 9.72. The lowest BCUT2D eigenvalue weighted by Crippen LogP contribution is -1.83. The van der Waals surface area contributed by atoms with Crippen LogP contribution in [0.2, 0.25) is 10.0 Å². The first-order valence-electron chi connectivity index (χ1n) is 6.20. The van der Waals surface area contributed by atoms with Crippen LogP contribution < -0.4 is 0 Å². The molecule has 0 radical (unpaired) electrons. The van der Waals surface area contributed by atoms with Crippen molar-refractivity contribution in [3.63, 3.8) is 0 Å². The molecule has 0 aromatic heterocycles. The van der Waals surface area contributed by atoms with Crippen molar-refractivity contribution in [2.24, 2.45) is 4.99 Å². The molecule has 0 fully saturated rings. The van der Waals surface area contributed by atoms with Crippen LogP contribution in [0.4, 0.5) is 5.69 Å². The Morgan fingerprint density at radius 2 is 1.50 bits per heavy atom. The molecule has 0 heterocycles. The topological polar surface area (TPSA) is 12.4 Å². The van der Waals surface area contributed by atoms with E-state index >= 15 is 0 Å². The Hall–Kier alpha value is -1.83. The van der Waals surface area contributed by atoms with Crippen LogP contribution in [0.5, 0.6) is 0 Å². The van der Waals surface area contributed by atoms with Crippen LogP contribution >= 0.6 is 23.2 Å². The smallest absolute Gasteiger partial charge is 0.0659 e. The molecule has 3 aromatic carbocycles. The minimum Gasteiger partial charge on any atom is -0.256 e. The molecule has 20 heavy (non-hydrogen) atoms. The largest absolute Gasteiger partial charge is 0.256 e. The predicted molar refractivity (Wildman–Crippen MR) is 87.7 cm³/mol. The summed E-state index contributed by atoms with van der Waals surface area (Å²) in [5.74, 6) is 0. The molecule has 0 saturated carbocycles. The van der Waals surface area contributed by atoms with E-state index in [2.05, 4.69) is 23.2 Å². The van der Waals surface area contributed by atoms with E-state index in [1.54, 1.807) is 18.2 Å². The molecule has 0 amide bonds. The highest BCUT2D eigenvalue weighted by molar-refractivity contribution is 6.35. The van der Waals surface area contributed by atoms with Gasteiger partial charge < -0.3 is 0 Å². The van der Waals surface area contributed by atoms with Crippen molar-refractivity contribution in [3.8, 4) is 0 Å². The van der Waals surface area contributed by atoms with E-state index in [-0.39, 0.29) is 0 Å². The van der Waals surface area contributed by atoms with Crippen molar-refractivity contribution >= 4 is 45.9 Å². The van der Waals surface area contributed by atoms with Gasteiger partial charge in [0.2, 0.25) is 0 Å². The average molecular weight is 300 g/mol. The Morgan fingerprint density at radius 1 is 0.800 bits per heavy atom. The monoisotopic (exact) mass is 299 g/mol. The first-order valence-corrected chi connectivity index (χ1v) is 6.96. The number of benzene rings is 3. The van der Waals surface area contributed by atoms with Gasteiger partial charge in [-0.3, -0.25) is 4.99 Å². The maximum atomic E-state index is 5.97. The van der Waals surface area contributed by atoms with Crippen LogP contribution in [0.15, 0.2) is 65.7 Å².